The largest absolute Gasteiger partial charge is 0.361 e. The number of rotatable bonds is 5. The minimum absolute atomic E-state index is 0.0411. The molecule has 1 amide bonds. The van der Waals surface area contributed by atoms with Crippen LogP contribution in [0.2, 0.25) is 0 Å². The molecule has 0 radical (unpaired) electrons. The van der Waals surface area contributed by atoms with Crippen molar-refractivity contribution in [3.8, 4) is 0 Å². The Labute approximate surface area is 138 Å². The number of aryl methyl sites for hydroxylation is 3. The van der Waals surface area contributed by atoms with E-state index < -0.39 is 0 Å². The van der Waals surface area contributed by atoms with Crippen LogP contribution in [-0.4, -0.2) is 27.4 Å². The van der Waals surface area contributed by atoms with Crippen LogP contribution < -0.4 is 5.32 Å². The molecule has 0 spiro atoms. The van der Waals surface area contributed by atoms with Gasteiger partial charge in [-0.2, -0.15) is 5.10 Å². The van der Waals surface area contributed by atoms with E-state index in [4.69, 9.17) is 4.52 Å². The Morgan fingerprint density at radius 2 is 2.22 bits per heavy atom. The van der Waals surface area contributed by atoms with Crippen molar-refractivity contribution in [3.05, 3.63) is 57.4 Å². The van der Waals surface area contributed by atoms with Crippen molar-refractivity contribution >= 4 is 17.2 Å². The van der Waals surface area contributed by atoms with Gasteiger partial charge in [-0.1, -0.05) is 11.2 Å². The van der Waals surface area contributed by atoms with Crippen molar-refractivity contribution in [2.24, 2.45) is 0 Å². The Bertz CT molecular complexity index is 804. The fraction of sp³-hybridized carbons (Fsp3) is 0.312. The van der Waals surface area contributed by atoms with Crippen LogP contribution in [0.1, 0.15) is 38.6 Å². The first-order valence-corrected chi connectivity index (χ1v) is 8.20. The van der Waals surface area contributed by atoms with E-state index in [0.29, 0.717) is 18.0 Å². The molecular weight excluding hydrogens is 312 g/mol. The summed E-state index contributed by atoms with van der Waals surface area (Å²) in [6.45, 7) is 6.18. The van der Waals surface area contributed by atoms with Crippen molar-refractivity contribution in [2.75, 3.05) is 6.54 Å². The molecule has 120 valence electrons. The summed E-state index contributed by atoms with van der Waals surface area (Å²) in [5, 5.41) is 13.2. The summed E-state index contributed by atoms with van der Waals surface area (Å²) in [4.78, 5) is 13.3. The molecule has 0 aliphatic carbocycles. The number of nitrogens with zero attached hydrogens (tertiary/aromatic N) is 3. The zero-order valence-corrected chi connectivity index (χ0v) is 14.1. The van der Waals surface area contributed by atoms with Gasteiger partial charge in [0.05, 0.1) is 5.69 Å². The maximum atomic E-state index is 12.2. The smallest absolute Gasteiger partial charge is 0.273 e. The molecule has 3 rings (SSSR count). The van der Waals surface area contributed by atoms with Gasteiger partial charge in [0.1, 0.15) is 11.8 Å². The maximum absolute atomic E-state index is 12.2. The van der Waals surface area contributed by atoms with E-state index in [0.717, 1.165) is 16.3 Å². The van der Waals surface area contributed by atoms with E-state index >= 15 is 0 Å². The molecule has 0 saturated heterocycles. The molecule has 0 saturated carbocycles. The van der Waals surface area contributed by atoms with E-state index in [2.05, 4.69) is 21.6 Å². The molecule has 0 bridgehead atoms. The summed E-state index contributed by atoms with van der Waals surface area (Å²) in [7, 11) is 0. The second-order valence-corrected chi connectivity index (χ2v) is 6.41. The van der Waals surface area contributed by atoms with Crippen LogP contribution in [0.5, 0.6) is 0 Å². The topological polar surface area (TPSA) is 73.0 Å². The third kappa shape index (κ3) is 3.34. The molecular formula is C16H18N4O2S. The Kier molecular flexibility index (Phi) is 4.29. The fourth-order valence-corrected chi connectivity index (χ4v) is 3.32. The number of carbonyl (C=O) groups is 1. The normalized spacial score (nSPS) is 12.3. The lowest BCUT2D eigenvalue weighted by molar-refractivity contribution is 0.0940. The molecule has 23 heavy (non-hydrogen) atoms. The zero-order valence-electron chi connectivity index (χ0n) is 13.2. The van der Waals surface area contributed by atoms with Crippen LogP contribution in [0, 0.1) is 20.8 Å². The van der Waals surface area contributed by atoms with Gasteiger partial charge in [0.25, 0.3) is 5.91 Å². The van der Waals surface area contributed by atoms with Crippen molar-refractivity contribution in [1.29, 1.82) is 0 Å². The van der Waals surface area contributed by atoms with Gasteiger partial charge in [-0.25, -0.2) is 0 Å². The molecule has 3 aromatic heterocycles. The van der Waals surface area contributed by atoms with Crippen LogP contribution in [0.25, 0.3) is 0 Å². The Morgan fingerprint density at radius 3 is 2.78 bits per heavy atom. The molecule has 3 aromatic rings. The number of thiophene rings is 1. The van der Waals surface area contributed by atoms with Gasteiger partial charge >= 0.3 is 0 Å². The van der Waals surface area contributed by atoms with Gasteiger partial charge in [0.2, 0.25) is 0 Å². The summed E-state index contributed by atoms with van der Waals surface area (Å²) in [6, 6.07) is 7.67. The molecule has 0 aromatic carbocycles. The Hall–Kier alpha value is -2.41. The number of aromatic nitrogens is 3. The van der Waals surface area contributed by atoms with Gasteiger partial charge in [-0.05, 0) is 38.3 Å². The van der Waals surface area contributed by atoms with Crippen LogP contribution >= 0.6 is 11.3 Å². The van der Waals surface area contributed by atoms with E-state index in [9.17, 15) is 4.79 Å². The van der Waals surface area contributed by atoms with E-state index in [-0.39, 0.29) is 11.9 Å². The predicted molar refractivity (Wildman–Crippen MR) is 87.7 cm³/mol. The van der Waals surface area contributed by atoms with E-state index in [1.807, 2.05) is 36.0 Å². The molecule has 6 nitrogen and oxygen atoms in total. The van der Waals surface area contributed by atoms with Crippen molar-refractivity contribution in [3.63, 3.8) is 0 Å². The maximum Gasteiger partial charge on any atom is 0.273 e. The first-order chi connectivity index (χ1) is 11.0. The highest BCUT2D eigenvalue weighted by Crippen LogP contribution is 2.24. The summed E-state index contributed by atoms with van der Waals surface area (Å²) in [5.74, 6) is 0.369. The van der Waals surface area contributed by atoms with Crippen LogP contribution in [0.3, 0.4) is 0 Å². The lowest BCUT2D eigenvalue weighted by Crippen LogP contribution is -2.32. The van der Waals surface area contributed by atoms with Crippen molar-refractivity contribution < 1.29 is 9.32 Å². The van der Waals surface area contributed by atoms with Gasteiger partial charge in [0, 0.05) is 23.2 Å². The molecule has 0 aliphatic heterocycles. The first-order valence-electron chi connectivity index (χ1n) is 7.32. The Morgan fingerprint density at radius 1 is 1.39 bits per heavy atom. The molecule has 0 fully saturated rings. The second kappa shape index (κ2) is 6.37. The molecule has 0 aliphatic rings. The van der Waals surface area contributed by atoms with Crippen LogP contribution in [0.4, 0.5) is 0 Å². The molecule has 1 atom stereocenters. The number of carbonyl (C=O) groups excluding carboxylic acids is 1. The molecule has 1 unspecified atom stereocenters. The quantitative estimate of drug-likeness (QED) is 0.781. The van der Waals surface area contributed by atoms with Crippen LogP contribution in [0.15, 0.2) is 34.2 Å². The lowest BCUT2D eigenvalue weighted by atomic mass is 10.2. The monoisotopic (exact) mass is 330 g/mol. The van der Waals surface area contributed by atoms with Gasteiger partial charge < -0.3 is 9.84 Å². The second-order valence-electron chi connectivity index (χ2n) is 5.44. The summed E-state index contributed by atoms with van der Waals surface area (Å²) in [5.41, 5.74) is 2.32. The van der Waals surface area contributed by atoms with Gasteiger partial charge in [-0.3, -0.25) is 9.48 Å². The van der Waals surface area contributed by atoms with Crippen molar-refractivity contribution in [2.45, 2.75) is 26.8 Å². The minimum Gasteiger partial charge on any atom is -0.361 e. The highest BCUT2D eigenvalue weighted by Gasteiger charge is 2.20. The fourth-order valence-electron chi connectivity index (χ4n) is 2.50. The summed E-state index contributed by atoms with van der Waals surface area (Å²) >= 11 is 1.65. The van der Waals surface area contributed by atoms with E-state index in [1.165, 1.54) is 0 Å². The number of hydrogen-bond donors (Lipinski definition) is 1. The van der Waals surface area contributed by atoms with Crippen LogP contribution in [-0.2, 0) is 0 Å². The average Bonchev–Trinajstić information content (AvgIpc) is 3.22. The zero-order chi connectivity index (χ0) is 16.4. The molecule has 3 heterocycles. The lowest BCUT2D eigenvalue weighted by Gasteiger charge is -2.18. The molecule has 1 N–H and O–H groups in total. The molecule has 7 heteroatoms. The number of nitrogens with one attached hydrogen (secondary N) is 1. The summed E-state index contributed by atoms with van der Waals surface area (Å²) < 4.78 is 6.90. The minimum atomic E-state index is -0.245. The summed E-state index contributed by atoms with van der Waals surface area (Å²) in [6.07, 6.45) is 0. The van der Waals surface area contributed by atoms with Gasteiger partial charge in [-0.15, -0.1) is 11.3 Å². The third-order valence-electron chi connectivity index (χ3n) is 3.53. The van der Waals surface area contributed by atoms with E-state index in [1.54, 1.807) is 24.3 Å². The highest BCUT2D eigenvalue weighted by molar-refractivity contribution is 7.10. The predicted octanol–water partition coefficient (Wildman–Crippen LogP) is 2.88. The standard InChI is InChI=1S/C16H18N4O2S/c1-10-7-11(2)20(18-10)14(15-5-4-6-23-15)9-17-16(21)13-8-12(3)22-19-13/h4-8,14H,9H2,1-3H3,(H,17,21). The highest BCUT2D eigenvalue weighted by atomic mass is 32.1. The number of hydrogen-bond acceptors (Lipinski definition) is 5. The Balaban J connectivity index is 1.80. The first kappa shape index (κ1) is 15.5. The third-order valence-corrected chi connectivity index (χ3v) is 4.50. The number of amides is 1. The van der Waals surface area contributed by atoms with Crippen molar-refractivity contribution in [1.82, 2.24) is 20.3 Å². The van der Waals surface area contributed by atoms with Gasteiger partial charge in [0.15, 0.2) is 5.69 Å². The average molecular weight is 330 g/mol. The SMILES string of the molecule is Cc1cc(C)n(C(CNC(=O)c2cc(C)on2)c2cccs2)n1.